The van der Waals surface area contributed by atoms with E-state index in [0.717, 1.165) is 19.0 Å². The minimum Gasteiger partial charge on any atom is -0.462 e. The van der Waals surface area contributed by atoms with Crippen LogP contribution in [0.25, 0.3) is 0 Å². The quantitative estimate of drug-likeness (QED) is 0.673. The Morgan fingerprint density at radius 1 is 1.53 bits per heavy atom. The number of nitrogens with one attached hydrogen (secondary N) is 1. The lowest BCUT2D eigenvalue weighted by Gasteiger charge is -2.20. The molecule has 1 rings (SSSR count). The molecule has 1 aliphatic rings. The van der Waals surface area contributed by atoms with Gasteiger partial charge < -0.3 is 15.8 Å². The highest BCUT2D eigenvalue weighted by Crippen LogP contribution is 2.06. The highest BCUT2D eigenvalue weighted by Gasteiger charge is 2.09. The van der Waals surface area contributed by atoms with Crippen molar-refractivity contribution >= 4 is 6.47 Å². The van der Waals surface area contributed by atoms with Crippen LogP contribution in [0.3, 0.4) is 0 Å². The molecule has 1 aliphatic heterocycles. The number of piperidine rings is 1. The molecule has 4 heteroatoms. The Morgan fingerprint density at radius 2 is 2.20 bits per heavy atom. The molecule has 0 aromatic rings. The van der Waals surface area contributed by atoms with Crippen molar-refractivity contribution in [3.05, 3.63) is 0 Å². The zero-order chi connectivity index (χ0) is 11.7. The highest BCUT2D eigenvalue weighted by molar-refractivity contribution is 5.37. The van der Waals surface area contributed by atoms with Crippen LogP contribution in [0.4, 0.5) is 0 Å². The van der Waals surface area contributed by atoms with Crippen LogP contribution in [0.5, 0.6) is 0 Å². The Kier molecular flexibility index (Phi) is 7.34. The first-order valence-corrected chi connectivity index (χ1v) is 5.52. The summed E-state index contributed by atoms with van der Waals surface area (Å²) < 4.78 is 4.55. The smallest absolute Gasteiger partial charge is 0.293 e. The molecule has 1 atom stereocenters. The maximum atomic E-state index is 9.60. The fourth-order valence-electron chi connectivity index (χ4n) is 1.27. The average Bonchev–Trinajstić information content (AvgIpc) is 2.18. The van der Waals surface area contributed by atoms with E-state index in [1.807, 2.05) is 20.8 Å². The Hall–Kier alpha value is -0.610. The lowest BCUT2D eigenvalue weighted by molar-refractivity contribution is -0.138. The molecule has 0 bridgehead atoms. The molecule has 90 valence electrons. The number of carbonyl (C=O) groups excluding carboxylic acids is 1. The van der Waals surface area contributed by atoms with E-state index >= 15 is 0 Å². The Bertz CT molecular complexity index is 160. The van der Waals surface area contributed by atoms with Crippen molar-refractivity contribution in [2.75, 3.05) is 19.6 Å². The summed E-state index contributed by atoms with van der Waals surface area (Å²) in [4.78, 5) is 9.60. The second-order valence-electron chi connectivity index (χ2n) is 4.77. The first kappa shape index (κ1) is 14.4. The van der Waals surface area contributed by atoms with E-state index in [1.54, 1.807) is 0 Å². The van der Waals surface area contributed by atoms with E-state index < -0.39 is 0 Å². The molecule has 0 spiro atoms. The van der Waals surface area contributed by atoms with E-state index in [4.69, 9.17) is 5.73 Å². The van der Waals surface area contributed by atoms with Crippen molar-refractivity contribution in [1.29, 1.82) is 0 Å². The largest absolute Gasteiger partial charge is 0.462 e. The van der Waals surface area contributed by atoms with Gasteiger partial charge in [0.05, 0.1) is 0 Å². The number of hydrogen-bond acceptors (Lipinski definition) is 4. The average molecular weight is 216 g/mol. The molecule has 0 saturated carbocycles. The molecular formula is C11H24N2O2. The second kappa shape index (κ2) is 7.65. The van der Waals surface area contributed by atoms with Crippen molar-refractivity contribution in [1.82, 2.24) is 5.32 Å². The molecule has 0 amide bonds. The van der Waals surface area contributed by atoms with E-state index in [2.05, 4.69) is 10.1 Å². The molecule has 1 saturated heterocycles. The minimum atomic E-state index is -0.318. The molecule has 3 N–H and O–H groups in total. The molecular weight excluding hydrogens is 192 g/mol. The maximum Gasteiger partial charge on any atom is 0.293 e. The monoisotopic (exact) mass is 216 g/mol. The third-order valence-electron chi connectivity index (χ3n) is 2.13. The summed E-state index contributed by atoms with van der Waals surface area (Å²) in [6, 6.07) is 0. The van der Waals surface area contributed by atoms with Crippen LogP contribution in [-0.4, -0.2) is 31.7 Å². The lowest BCUT2D eigenvalue weighted by atomic mass is 10.0. The summed E-state index contributed by atoms with van der Waals surface area (Å²) in [5.41, 5.74) is 5.15. The third kappa shape index (κ3) is 9.69. The predicted octanol–water partition coefficient (Wildman–Crippen LogP) is 0.903. The Labute approximate surface area is 92.6 Å². The zero-order valence-electron chi connectivity index (χ0n) is 10.1. The number of hydrogen-bond donors (Lipinski definition) is 2. The van der Waals surface area contributed by atoms with Gasteiger partial charge in [-0.1, -0.05) is 0 Å². The molecule has 0 aromatic heterocycles. The lowest BCUT2D eigenvalue weighted by Crippen LogP contribution is -2.33. The van der Waals surface area contributed by atoms with Crippen LogP contribution in [0.2, 0.25) is 0 Å². The molecule has 0 aromatic carbocycles. The third-order valence-corrected chi connectivity index (χ3v) is 2.13. The zero-order valence-corrected chi connectivity index (χ0v) is 10.1. The van der Waals surface area contributed by atoms with Gasteiger partial charge in [0.15, 0.2) is 0 Å². The van der Waals surface area contributed by atoms with Crippen LogP contribution in [0, 0.1) is 5.92 Å². The van der Waals surface area contributed by atoms with Gasteiger partial charge in [0.25, 0.3) is 6.47 Å². The van der Waals surface area contributed by atoms with Gasteiger partial charge in [-0.15, -0.1) is 0 Å². The van der Waals surface area contributed by atoms with Gasteiger partial charge in [0.2, 0.25) is 0 Å². The SMILES string of the molecule is CC(C)(C)OC=O.NCC1CCCNC1. The Morgan fingerprint density at radius 3 is 2.40 bits per heavy atom. The predicted molar refractivity (Wildman–Crippen MR) is 61.6 cm³/mol. The summed E-state index contributed by atoms with van der Waals surface area (Å²) in [5.74, 6) is 0.753. The van der Waals surface area contributed by atoms with Gasteiger partial charge in [-0.25, -0.2) is 0 Å². The highest BCUT2D eigenvalue weighted by atomic mass is 16.5. The summed E-state index contributed by atoms with van der Waals surface area (Å²) in [6.45, 7) is 9.10. The topological polar surface area (TPSA) is 64.3 Å². The van der Waals surface area contributed by atoms with E-state index in [-0.39, 0.29) is 5.60 Å². The van der Waals surface area contributed by atoms with Gasteiger partial charge in [0.1, 0.15) is 5.60 Å². The first-order valence-electron chi connectivity index (χ1n) is 5.52. The van der Waals surface area contributed by atoms with Gasteiger partial charge in [-0.05, 0) is 59.2 Å². The summed E-state index contributed by atoms with van der Waals surface area (Å²) in [6.07, 6.45) is 2.63. The number of carbonyl (C=O) groups is 1. The molecule has 1 unspecified atom stereocenters. The maximum absolute atomic E-state index is 9.60. The van der Waals surface area contributed by atoms with E-state index in [1.165, 1.54) is 19.4 Å². The standard InChI is InChI=1S/C6H14N2.C5H10O2/c7-4-6-2-1-3-8-5-6;1-5(2,3)7-4-6/h6,8H,1-5,7H2;4H,1-3H3. The second-order valence-corrected chi connectivity index (χ2v) is 4.77. The fraction of sp³-hybridized carbons (Fsp3) is 0.909. The van der Waals surface area contributed by atoms with Crippen molar-refractivity contribution in [2.45, 2.75) is 39.2 Å². The van der Waals surface area contributed by atoms with Gasteiger partial charge in [0, 0.05) is 0 Å². The Balaban J connectivity index is 0.000000265. The first-order chi connectivity index (χ1) is 6.99. The fourth-order valence-corrected chi connectivity index (χ4v) is 1.27. The summed E-state index contributed by atoms with van der Waals surface area (Å²) in [5, 5.41) is 3.31. The molecule has 4 nitrogen and oxygen atoms in total. The van der Waals surface area contributed by atoms with E-state index in [0.29, 0.717) is 6.47 Å². The van der Waals surface area contributed by atoms with Crippen molar-refractivity contribution < 1.29 is 9.53 Å². The minimum absolute atomic E-state index is 0.318. The van der Waals surface area contributed by atoms with Crippen LogP contribution in [0.15, 0.2) is 0 Å². The normalized spacial score (nSPS) is 21.2. The van der Waals surface area contributed by atoms with Crippen LogP contribution >= 0.6 is 0 Å². The molecule has 1 fully saturated rings. The molecule has 1 heterocycles. The number of ether oxygens (including phenoxy) is 1. The molecule has 0 radical (unpaired) electrons. The van der Waals surface area contributed by atoms with Crippen molar-refractivity contribution in [3.8, 4) is 0 Å². The van der Waals surface area contributed by atoms with Gasteiger partial charge in [-0.2, -0.15) is 0 Å². The number of rotatable bonds is 2. The molecule has 0 aliphatic carbocycles. The van der Waals surface area contributed by atoms with Crippen molar-refractivity contribution in [3.63, 3.8) is 0 Å². The molecule has 15 heavy (non-hydrogen) atoms. The van der Waals surface area contributed by atoms with Crippen LogP contribution in [0.1, 0.15) is 33.6 Å². The van der Waals surface area contributed by atoms with Gasteiger partial charge in [-0.3, -0.25) is 4.79 Å². The van der Waals surface area contributed by atoms with Gasteiger partial charge >= 0.3 is 0 Å². The summed E-state index contributed by atoms with van der Waals surface area (Å²) >= 11 is 0. The van der Waals surface area contributed by atoms with Crippen LogP contribution in [-0.2, 0) is 9.53 Å². The van der Waals surface area contributed by atoms with Crippen molar-refractivity contribution in [2.24, 2.45) is 11.7 Å². The van der Waals surface area contributed by atoms with Crippen LogP contribution < -0.4 is 11.1 Å². The van der Waals surface area contributed by atoms with E-state index in [9.17, 15) is 4.79 Å². The summed E-state index contributed by atoms with van der Waals surface area (Å²) in [7, 11) is 0. The number of nitrogens with two attached hydrogens (primary N) is 1.